The molecule has 2 aromatic heterocycles. The van der Waals surface area contributed by atoms with Crippen LogP contribution in [0, 0.1) is 6.92 Å². The summed E-state index contributed by atoms with van der Waals surface area (Å²) in [5, 5.41) is 2.83. The zero-order valence-electron chi connectivity index (χ0n) is 17.6. The van der Waals surface area contributed by atoms with E-state index < -0.39 is 11.8 Å². The van der Waals surface area contributed by atoms with E-state index >= 15 is 0 Å². The summed E-state index contributed by atoms with van der Waals surface area (Å²) in [6, 6.07) is 3.21. The number of hydrogen-bond donors (Lipinski definition) is 2. The number of oxazole rings is 1. The first-order valence-corrected chi connectivity index (χ1v) is 10.3. The normalized spacial score (nSPS) is 14.6. The number of benzene rings is 1. The summed E-state index contributed by atoms with van der Waals surface area (Å²) in [6.45, 7) is 5.71. The largest absolute Gasteiger partial charge is 0.491 e. The van der Waals surface area contributed by atoms with Gasteiger partial charge in [-0.15, -0.1) is 0 Å². The average molecular weight is 427 g/mol. The van der Waals surface area contributed by atoms with E-state index in [1.807, 2.05) is 11.5 Å². The number of aryl methyl sites for hydroxylation is 3. The first-order valence-electron chi connectivity index (χ1n) is 10.3. The molecule has 31 heavy (non-hydrogen) atoms. The van der Waals surface area contributed by atoms with Gasteiger partial charge in [-0.2, -0.15) is 0 Å². The van der Waals surface area contributed by atoms with Crippen molar-refractivity contribution in [2.24, 2.45) is 5.73 Å². The molecule has 0 aliphatic carbocycles. The number of ether oxygens (including phenoxy) is 2. The maximum atomic E-state index is 12.9. The molecular formula is C21H25N5O5. The van der Waals surface area contributed by atoms with Gasteiger partial charge in [0.2, 0.25) is 17.6 Å². The number of rotatable bonds is 4. The van der Waals surface area contributed by atoms with Crippen LogP contribution in [0.2, 0.25) is 0 Å². The molecule has 0 atom stereocenters. The van der Waals surface area contributed by atoms with Gasteiger partial charge < -0.3 is 24.2 Å². The molecule has 0 spiro atoms. The van der Waals surface area contributed by atoms with Crippen molar-refractivity contribution in [3.05, 3.63) is 35.0 Å². The van der Waals surface area contributed by atoms with Crippen molar-refractivity contribution in [1.82, 2.24) is 14.5 Å². The fourth-order valence-electron chi connectivity index (χ4n) is 3.61. The highest BCUT2D eigenvalue weighted by Gasteiger charge is 2.23. The minimum absolute atomic E-state index is 0.161. The number of amides is 2. The smallest absolute Gasteiger partial charge is 0.295 e. The second-order valence-corrected chi connectivity index (χ2v) is 7.28. The number of carbonyl (C=O) groups is 2. The molecular weight excluding hydrogens is 402 g/mol. The summed E-state index contributed by atoms with van der Waals surface area (Å²) in [4.78, 5) is 33.6. The third-order valence-electron chi connectivity index (χ3n) is 5.02. The Morgan fingerprint density at radius 2 is 2.00 bits per heavy atom. The predicted octanol–water partition coefficient (Wildman–Crippen LogP) is 2.44. The lowest BCUT2D eigenvalue weighted by atomic mass is 10.1. The van der Waals surface area contributed by atoms with Gasteiger partial charge >= 0.3 is 0 Å². The van der Waals surface area contributed by atoms with E-state index in [0.29, 0.717) is 79.9 Å². The van der Waals surface area contributed by atoms with Crippen LogP contribution in [0.25, 0.3) is 11.0 Å². The van der Waals surface area contributed by atoms with Crippen molar-refractivity contribution in [2.75, 3.05) is 25.1 Å². The van der Waals surface area contributed by atoms with Crippen molar-refractivity contribution >= 4 is 28.8 Å². The lowest BCUT2D eigenvalue weighted by Gasteiger charge is -2.12. The number of hydrogen-bond acceptors (Lipinski definition) is 7. The fraction of sp³-hybridized carbons (Fsp3) is 0.429. The van der Waals surface area contributed by atoms with Gasteiger partial charge in [0.25, 0.3) is 5.91 Å². The molecule has 0 saturated carbocycles. The summed E-state index contributed by atoms with van der Waals surface area (Å²) in [5.41, 5.74) is 7.56. The molecule has 164 valence electrons. The third kappa shape index (κ3) is 4.24. The summed E-state index contributed by atoms with van der Waals surface area (Å²) in [5.74, 6) is 0.381. The van der Waals surface area contributed by atoms with E-state index in [4.69, 9.17) is 19.6 Å². The predicted molar refractivity (Wildman–Crippen MR) is 112 cm³/mol. The maximum Gasteiger partial charge on any atom is 0.295 e. The van der Waals surface area contributed by atoms with Gasteiger partial charge in [0, 0.05) is 38.7 Å². The molecule has 3 heterocycles. The molecule has 4 rings (SSSR count). The Balaban J connectivity index is 1.79. The molecule has 0 bridgehead atoms. The standard InChI is InChI=1S/C21H25N5O5/c1-3-14-18(31-12(2)23-14)20(28)25-21-24-15-10-13(19(22)27)11-16-17(15)26(21)6-4-7-29-8-5-9-30-16/h10-11H,3-9H2,1-2H3,(H2,22,27)(H,24,25,28). The zero-order valence-corrected chi connectivity index (χ0v) is 17.6. The first-order chi connectivity index (χ1) is 15.0. The molecule has 0 fully saturated rings. The first kappa shape index (κ1) is 20.9. The lowest BCUT2D eigenvalue weighted by Crippen LogP contribution is -2.17. The van der Waals surface area contributed by atoms with E-state index in [1.165, 1.54) is 0 Å². The van der Waals surface area contributed by atoms with E-state index in [2.05, 4.69) is 15.3 Å². The minimum Gasteiger partial charge on any atom is -0.491 e. The second-order valence-electron chi connectivity index (χ2n) is 7.28. The highest BCUT2D eigenvalue weighted by atomic mass is 16.5. The van der Waals surface area contributed by atoms with Crippen molar-refractivity contribution in [3.8, 4) is 5.75 Å². The molecule has 3 N–H and O–H groups in total. The van der Waals surface area contributed by atoms with Crippen LogP contribution in [0.5, 0.6) is 5.75 Å². The van der Waals surface area contributed by atoms with E-state index in [-0.39, 0.29) is 11.3 Å². The highest BCUT2D eigenvalue weighted by molar-refractivity contribution is 6.04. The molecule has 10 heteroatoms. The maximum absolute atomic E-state index is 12.9. The molecule has 3 aromatic rings. The Hall–Kier alpha value is -3.40. The number of anilines is 1. The van der Waals surface area contributed by atoms with Crippen LogP contribution in [0.1, 0.15) is 52.3 Å². The Kier molecular flexibility index (Phi) is 5.90. The van der Waals surface area contributed by atoms with Crippen LogP contribution < -0.4 is 15.8 Å². The van der Waals surface area contributed by atoms with Crippen LogP contribution in [-0.4, -0.2) is 46.2 Å². The third-order valence-corrected chi connectivity index (χ3v) is 5.02. The summed E-state index contributed by atoms with van der Waals surface area (Å²) >= 11 is 0. The van der Waals surface area contributed by atoms with Crippen LogP contribution in [-0.2, 0) is 17.7 Å². The molecule has 2 amide bonds. The summed E-state index contributed by atoms with van der Waals surface area (Å²) < 4.78 is 18.9. The van der Waals surface area contributed by atoms with Crippen LogP contribution >= 0.6 is 0 Å². The average Bonchev–Trinajstić information content (AvgIpc) is 3.27. The monoisotopic (exact) mass is 427 g/mol. The Morgan fingerprint density at radius 1 is 1.19 bits per heavy atom. The lowest BCUT2D eigenvalue weighted by molar-refractivity contribution is 0.0987. The van der Waals surface area contributed by atoms with Crippen molar-refractivity contribution < 1.29 is 23.5 Å². The highest BCUT2D eigenvalue weighted by Crippen LogP contribution is 2.32. The zero-order chi connectivity index (χ0) is 22.0. The van der Waals surface area contributed by atoms with E-state index in [0.717, 1.165) is 0 Å². The van der Waals surface area contributed by atoms with Crippen LogP contribution in [0.4, 0.5) is 5.95 Å². The number of nitrogens with one attached hydrogen (secondary N) is 1. The van der Waals surface area contributed by atoms with Gasteiger partial charge in [0.15, 0.2) is 5.89 Å². The SMILES string of the molecule is CCc1nc(C)oc1C(=O)Nc1nc2cc(C(N)=O)cc3c2n1CCCOCCCO3. The van der Waals surface area contributed by atoms with Gasteiger partial charge in [-0.05, 0) is 25.0 Å². The fourth-order valence-corrected chi connectivity index (χ4v) is 3.61. The second kappa shape index (κ2) is 8.76. The number of nitrogens with two attached hydrogens (primary N) is 1. The number of carbonyl (C=O) groups excluding carboxylic acids is 2. The Bertz CT molecular complexity index is 1130. The number of primary amides is 1. The molecule has 0 saturated heterocycles. The van der Waals surface area contributed by atoms with Crippen LogP contribution in [0.3, 0.4) is 0 Å². The quantitative estimate of drug-likeness (QED) is 0.653. The van der Waals surface area contributed by atoms with E-state index in [1.54, 1.807) is 19.1 Å². The van der Waals surface area contributed by atoms with Gasteiger partial charge in [-0.25, -0.2) is 9.97 Å². The number of aromatic nitrogens is 3. The van der Waals surface area contributed by atoms with Gasteiger partial charge in [-0.1, -0.05) is 6.92 Å². The van der Waals surface area contributed by atoms with Crippen molar-refractivity contribution in [3.63, 3.8) is 0 Å². The number of imidazole rings is 1. The molecule has 1 aliphatic rings. The molecule has 10 nitrogen and oxygen atoms in total. The number of nitrogens with zero attached hydrogens (tertiary/aromatic N) is 3. The van der Waals surface area contributed by atoms with Crippen LogP contribution in [0.15, 0.2) is 16.5 Å². The topological polar surface area (TPSA) is 135 Å². The molecule has 1 aliphatic heterocycles. The van der Waals surface area contributed by atoms with Gasteiger partial charge in [0.1, 0.15) is 11.3 Å². The minimum atomic E-state index is -0.579. The van der Waals surface area contributed by atoms with Gasteiger partial charge in [0.05, 0.1) is 17.8 Å². The van der Waals surface area contributed by atoms with Crippen molar-refractivity contribution in [1.29, 1.82) is 0 Å². The van der Waals surface area contributed by atoms with Gasteiger partial charge in [-0.3, -0.25) is 14.9 Å². The Morgan fingerprint density at radius 3 is 2.77 bits per heavy atom. The molecule has 0 unspecified atom stereocenters. The van der Waals surface area contributed by atoms with E-state index in [9.17, 15) is 9.59 Å². The molecule has 0 radical (unpaired) electrons. The molecule has 1 aromatic carbocycles. The summed E-state index contributed by atoms with van der Waals surface area (Å²) in [7, 11) is 0. The van der Waals surface area contributed by atoms with Crippen molar-refractivity contribution in [2.45, 2.75) is 39.7 Å². The Labute approximate surface area is 178 Å². The summed E-state index contributed by atoms with van der Waals surface area (Å²) in [6.07, 6.45) is 1.99.